The Bertz CT molecular complexity index is 1090. The fourth-order valence-electron chi connectivity index (χ4n) is 3.57. The van der Waals surface area contributed by atoms with Crippen molar-refractivity contribution in [3.8, 4) is 5.75 Å². The van der Waals surface area contributed by atoms with Crippen molar-refractivity contribution < 1.29 is 9.53 Å². The molecule has 3 aromatic rings. The summed E-state index contributed by atoms with van der Waals surface area (Å²) in [5.74, 6) is 0.904. The second-order valence-electron chi connectivity index (χ2n) is 7.25. The molecular weight excluding hydrogens is 390 g/mol. The molecule has 0 spiro atoms. The van der Waals surface area contributed by atoms with E-state index in [1.165, 1.54) is 28.3 Å². The van der Waals surface area contributed by atoms with Crippen LogP contribution in [-0.4, -0.2) is 40.7 Å². The van der Waals surface area contributed by atoms with Gasteiger partial charge in [-0.1, -0.05) is 36.5 Å². The van der Waals surface area contributed by atoms with Crippen molar-refractivity contribution in [2.75, 3.05) is 25.1 Å². The molecule has 1 aromatic carbocycles. The third kappa shape index (κ3) is 4.09. The summed E-state index contributed by atoms with van der Waals surface area (Å²) < 4.78 is 6.79. The molecule has 1 fully saturated rings. The lowest BCUT2D eigenvalue weighted by atomic mass is 10.0. The van der Waals surface area contributed by atoms with Gasteiger partial charge in [0.05, 0.1) is 7.11 Å². The Kier molecular flexibility index (Phi) is 5.48. The Morgan fingerprint density at radius 3 is 3.00 bits per heavy atom. The first-order chi connectivity index (χ1) is 14.0. The van der Waals surface area contributed by atoms with Crippen molar-refractivity contribution >= 4 is 27.3 Å². The van der Waals surface area contributed by atoms with E-state index in [9.17, 15) is 9.59 Å². The van der Waals surface area contributed by atoms with Crippen LogP contribution in [0.1, 0.15) is 35.8 Å². The number of ether oxygens (including phenoxy) is 1. The number of piperidine rings is 1. The van der Waals surface area contributed by atoms with Gasteiger partial charge in [0.15, 0.2) is 0 Å². The fourth-order valence-corrected chi connectivity index (χ4v) is 4.52. The number of methoxy groups -OCH3 is 1. The zero-order valence-electron chi connectivity index (χ0n) is 16.4. The third-order valence-electron chi connectivity index (χ3n) is 5.04. The first-order valence-electron chi connectivity index (χ1n) is 9.61. The number of para-hydroxylation sites is 1. The number of hydrogen-bond acceptors (Lipinski definition) is 7. The molecule has 0 saturated carbocycles. The Morgan fingerprint density at radius 1 is 1.38 bits per heavy atom. The quantitative estimate of drug-likeness (QED) is 0.691. The number of nitrogens with one attached hydrogen (secondary N) is 1. The first kappa shape index (κ1) is 19.4. The largest absolute Gasteiger partial charge is 0.496 e. The van der Waals surface area contributed by atoms with Gasteiger partial charge in [0.25, 0.3) is 11.5 Å². The Morgan fingerprint density at radius 2 is 2.21 bits per heavy atom. The highest BCUT2D eigenvalue weighted by Gasteiger charge is 2.22. The number of rotatable bonds is 5. The second kappa shape index (κ2) is 8.20. The maximum absolute atomic E-state index is 12.8. The number of carbonyl (C=O) groups is 1. The van der Waals surface area contributed by atoms with Crippen LogP contribution in [0, 0.1) is 5.92 Å². The molecule has 1 atom stereocenters. The second-order valence-corrected chi connectivity index (χ2v) is 8.18. The number of anilines is 1. The zero-order valence-corrected chi connectivity index (χ0v) is 17.2. The monoisotopic (exact) mass is 413 g/mol. The molecule has 1 unspecified atom stereocenters. The van der Waals surface area contributed by atoms with Crippen molar-refractivity contribution in [1.29, 1.82) is 0 Å². The van der Waals surface area contributed by atoms with Gasteiger partial charge < -0.3 is 15.0 Å². The summed E-state index contributed by atoms with van der Waals surface area (Å²) in [5.41, 5.74) is 0.583. The van der Waals surface area contributed by atoms with Crippen molar-refractivity contribution in [2.24, 2.45) is 5.92 Å². The predicted molar refractivity (Wildman–Crippen MR) is 112 cm³/mol. The SMILES string of the molecule is COc1ccccc1CNC(=O)c1cc(=O)nc2sc(N3CCCC(C)C3)nn12. The highest BCUT2D eigenvalue weighted by atomic mass is 32.1. The van der Waals surface area contributed by atoms with Gasteiger partial charge in [-0.15, -0.1) is 5.10 Å². The average Bonchev–Trinajstić information content (AvgIpc) is 3.15. The van der Waals surface area contributed by atoms with Crippen molar-refractivity contribution in [3.05, 3.63) is 51.9 Å². The molecule has 1 saturated heterocycles. The lowest BCUT2D eigenvalue weighted by Crippen LogP contribution is -2.34. The van der Waals surface area contributed by atoms with Crippen LogP contribution in [-0.2, 0) is 6.54 Å². The van der Waals surface area contributed by atoms with Crippen LogP contribution < -0.4 is 20.5 Å². The first-order valence-corrected chi connectivity index (χ1v) is 10.4. The van der Waals surface area contributed by atoms with Gasteiger partial charge in [0.2, 0.25) is 10.1 Å². The van der Waals surface area contributed by atoms with Crippen LogP contribution in [0.15, 0.2) is 35.1 Å². The van der Waals surface area contributed by atoms with Crippen LogP contribution in [0.3, 0.4) is 0 Å². The fraction of sp³-hybridized carbons (Fsp3) is 0.400. The van der Waals surface area contributed by atoms with Crippen molar-refractivity contribution in [3.63, 3.8) is 0 Å². The summed E-state index contributed by atoms with van der Waals surface area (Å²) in [6.07, 6.45) is 2.31. The minimum absolute atomic E-state index is 0.183. The molecule has 8 nitrogen and oxygen atoms in total. The molecule has 3 heterocycles. The Balaban J connectivity index is 1.60. The van der Waals surface area contributed by atoms with E-state index in [0.29, 0.717) is 16.6 Å². The van der Waals surface area contributed by atoms with E-state index >= 15 is 0 Å². The minimum atomic E-state index is -0.449. The molecular formula is C20H23N5O3S. The summed E-state index contributed by atoms with van der Waals surface area (Å²) in [6.45, 7) is 4.34. The highest BCUT2D eigenvalue weighted by Crippen LogP contribution is 2.27. The molecule has 4 rings (SSSR count). The average molecular weight is 414 g/mol. The van der Waals surface area contributed by atoms with Crippen LogP contribution in [0.25, 0.3) is 4.96 Å². The van der Waals surface area contributed by atoms with E-state index in [1.807, 2.05) is 24.3 Å². The molecule has 0 radical (unpaired) electrons. The van der Waals surface area contributed by atoms with E-state index in [1.54, 1.807) is 7.11 Å². The van der Waals surface area contributed by atoms with E-state index in [-0.39, 0.29) is 18.1 Å². The summed E-state index contributed by atoms with van der Waals surface area (Å²) in [5, 5.41) is 8.23. The summed E-state index contributed by atoms with van der Waals surface area (Å²) >= 11 is 1.34. The molecule has 1 aliphatic heterocycles. The van der Waals surface area contributed by atoms with Crippen LogP contribution >= 0.6 is 11.3 Å². The molecule has 1 aliphatic rings. The van der Waals surface area contributed by atoms with E-state index in [2.05, 4.69) is 27.2 Å². The molecule has 1 amide bonds. The van der Waals surface area contributed by atoms with Crippen LogP contribution in [0.2, 0.25) is 0 Å². The molecule has 2 aromatic heterocycles. The van der Waals surface area contributed by atoms with E-state index in [4.69, 9.17) is 4.74 Å². The highest BCUT2D eigenvalue weighted by molar-refractivity contribution is 7.20. The smallest absolute Gasteiger partial charge is 0.274 e. The Hall–Kier alpha value is -2.94. The molecule has 1 N–H and O–H groups in total. The number of aromatic nitrogens is 3. The summed E-state index contributed by atoms with van der Waals surface area (Å²) in [6, 6.07) is 8.70. The molecule has 0 bridgehead atoms. The maximum Gasteiger partial charge on any atom is 0.274 e. The van der Waals surface area contributed by atoms with Crippen molar-refractivity contribution in [1.82, 2.24) is 19.9 Å². The van der Waals surface area contributed by atoms with Crippen LogP contribution in [0.5, 0.6) is 5.75 Å². The maximum atomic E-state index is 12.8. The third-order valence-corrected chi connectivity index (χ3v) is 6.00. The van der Waals surface area contributed by atoms with Gasteiger partial charge in [-0.3, -0.25) is 9.59 Å². The molecule has 29 heavy (non-hydrogen) atoms. The van der Waals surface area contributed by atoms with Gasteiger partial charge in [-0.2, -0.15) is 9.50 Å². The van der Waals surface area contributed by atoms with Gasteiger partial charge in [0.1, 0.15) is 11.4 Å². The predicted octanol–water partition coefficient (Wildman–Crippen LogP) is 2.33. The van der Waals surface area contributed by atoms with Gasteiger partial charge >= 0.3 is 0 Å². The number of carbonyl (C=O) groups excluding carboxylic acids is 1. The lowest BCUT2D eigenvalue weighted by Gasteiger charge is -2.30. The van der Waals surface area contributed by atoms with E-state index < -0.39 is 5.56 Å². The molecule has 9 heteroatoms. The standard InChI is InChI=1S/C20H23N5O3S/c1-13-6-5-9-24(12-13)20-23-25-15(10-17(26)22-19(25)29-20)18(27)21-11-14-7-3-4-8-16(14)28-2/h3-4,7-8,10,13H,5-6,9,11-12H2,1-2H3,(H,21,27). The summed E-state index contributed by atoms with van der Waals surface area (Å²) in [4.78, 5) is 31.6. The zero-order chi connectivity index (χ0) is 20.4. The number of amides is 1. The number of hydrogen-bond donors (Lipinski definition) is 1. The number of benzene rings is 1. The number of nitrogens with zero attached hydrogens (tertiary/aromatic N) is 4. The lowest BCUT2D eigenvalue weighted by molar-refractivity contribution is 0.0943. The summed E-state index contributed by atoms with van der Waals surface area (Å²) in [7, 11) is 1.59. The molecule has 0 aliphatic carbocycles. The Labute approximate surface area is 172 Å². The normalized spacial score (nSPS) is 16.8. The minimum Gasteiger partial charge on any atom is -0.496 e. The van der Waals surface area contributed by atoms with Gasteiger partial charge in [-0.05, 0) is 24.8 Å². The van der Waals surface area contributed by atoms with Gasteiger partial charge in [0, 0.05) is 31.3 Å². The van der Waals surface area contributed by atoms with Crippen molar-refractivity contribution in [2.45, 2.75) is 26.3 Å². The number of fused-ring (bicyclic) bond motifs is 1. The topological polar surface area (TPSA) is 88.8 Å². The molecule has 152 valence electrons. The van der Waals surface area contributed by atoms with Crippen LogP contribution in [0.4, 0.5) is 5.13 Å². The van der Waals surface area contributed by atoms with Gasteiger partial charge in [-0.25, -0.2) is 0 Å². The van der Waals surface area contributed by atoms with E-state index in [0.717, 1.165) is 30.2 Å².